The van der Waals surface area contributed by atoms with Crippen molar-refractivity contribution in [3.05, 3.63) is 54.6 Å². The summed E-state index contributed by atoms with van der Waals surface area (Å²) in [6, 6.07) is 17.3. The molecule has 0 fully saturated rings. The van der Waals surface area contributed by atoms with Gasteiger partial charge in [-0.05, 0) is 54.6 Å². The Kier molecular flexibility index (Phi) is 5.71. The van der Waals surface area contributed by atoms with Crippen LogP contribution in [0.5, 0.6) is 17.2 Å². The average molecular weight is 292 g/mol. The van der Waals surface area contributed by atoms with Gasteiger partial charge in [0.2, 0.25) is 0 Å². The first-order valence-electron chi connectivity index (χ1n) is 6.57. The molecule has 20 heavy (non-hydrogen) atoms. The topological polar surface area (TPSA) is 21.7 Å². The third kappa shape index (κ3) is 5.11. The van der Waals surface area contributed by atoms with Gasteiger partial charge < -0.3 is 9.47 Å². The van der Waals surface area contributed by atoms with Crippen molar-refractivity contribution >= 4 is 11.8 Å². The molecule has 0 N–H and O–H groups in total. The zero-order valence-electron chi connectivity index (χ0n) is 11.5. The van der Waals surface area contributed by atoms with E-state index in [1.807, 2.05) is 61.6 Å². The highest BCUT2D eigenvalue weighted by Gasteiger charge is 1.99. The molecule has 0 aliphatic carbocycles. The van der Waals surface area contributed by atoms with Gasteiger partial charge in [0.25, 0.3) is 0 Å². The summed E-state index contributed by atoms with van der Waals surface area (Å²) >= 11 is 5.72. The first-order chi connectivity index (χ1) is 9.74. The molecule has 0 bridgehead atoms. The van der Waals surface area contributed by atoms with E-state index in [9.17, 15) is 0 Å². The predicted octanol–water partition coefficient (Wildman–Crippen LogP) is 4.33. The van der Waals surface area contributed by atoms with Crippen LogP contribution < -0.4 is 9.47 Å². The minimum Gasteiger partial charge on any atom is -0.494 e. The summed E-state index contributed by atoms with van der Waals surface area (Å²) in [4.78, 5) is 0. The summed E-state index contributed by atoms with van der Waals surface area (Å²) in [5, 5.41) is 0. The van der Waals surface area contributed by atoms with Gasteiger partial charge in [-0.3, -0.25) is 0 Å². The fourth-order valence-electron chi connectivity index (χ4n) is 1.70. The summed E-state index contributed by atoms with van der Waals surface area (Å²) in [6.45, 7) is 1.45. The standard InChI is InChI=1S/C16H18ClNO2/c1-18(17)12-5-13-19-14-8-10-16(11-9-14)20-15-6-3-2-4-7-15/h2-4,6-11H,5,12-13H2,1H3. The zero-order chi connectivity index (χ0) is 14.2. The number of rotatable bonds is 7. The molecular weight excluding hydrogens is 274 g/mol. The third-order valence-corrected chi connectivity index (χ3v) is 2.85. The van der Waals surface area contributed by atoms with Gasteiger partial charge in [0.15, 0.2) is 0 Å². The smallest absolute Gasteiger partial charge is 0.127 e. The van der Waals surface area contributed by atoms with Gasteiger partial charge in [0.1, 0.15) is 17.2 Å². The summed E-state index contributed by atoms with van der Waals surface area (Å²) in [6.07, 6.45) is 0.891. The Morgan fingerprint density at radius 3 is 2.15 bits per heavy atom. The predicted molar refractivity (Wildman–Crippen MR) is 81.6 cm³/mol. The first-order valence-corrected chi connectivity index (χ1v) is 6.90. The van der Waals surface area contributed by atoms with Gasteiger partial charge in [0.05, 0.1) is 6.61 Å². The van der Waals surface area contributed by atoms with Gasteiger partial charge in [-0.1, -0.05) is 18.2 Å². The van der Waals surface area contributed by atoms with Crippen molar-refractivity contribution in [1.29, 1.82) is 0 Å². The highest BCUT2D eigenvalue weighted by atomic mass is 35.5. The number of para-hydroxylation sites is 1. The van der Waals surface area contributed by atoms with E-state index >= 15 is 0 Å². The van der Waals surface area contributed by atoms with Crippen LogP contribution in [0.4, 0.5) is 0 Å². The molecule has 0 radical (unpaired) electrons. The van der Waals surface area contributed by atoms with Crippen LogP contribution in [0, 0.1) is 0 Å². The van der Waals surface area contributed by atoms with Crippen molar-refractivity contribution < 1.29 is 9.47 Å². The van der Waals surface area contributed by atoms with Gasteiger partial charge in [-0.25, -0.2) is 4.42 Å². The molecule has 0 aromatic heterocycles. The largest absolute Gasteiger partial charge is 0.494 e. The lowest BCUT2D eigenvalue weighted by molar-refractivity contribution is 0.298. The van der Waals surface area contributed by atoms with Crippen LogP contribution >= 0.6 is 11.8 Å². The molecule has 2 aromatic carbocycles. The maximum atomic E-state index is 5.72. The lowest BCUT2D eigenvalue weighted by Crippen LogP contribution is -2.10. The van der Waals surface area contributed by atoms with E-state index in [2.05, 4.69) is 0 Å². The Morgan fingerprint density at radius 2 is 1.50 bits per heavy atom. The molecule has 0 spiro atoms. The Bertz CT molecular complexity index is 500. The van der Waals surface area contributed by atoms with E-state index in [4.69, 9.17) is 21.3 Å². The van der Waals surface area contributed by atoms with Crippen LogP contribution in [-0.2, 0) is 0 Å². The molecule has 2 rings (SSSR count). The summed E-state index contributed by atoms with van der Waals surface area (Å²) in [5.41, 5.74) is 0. The van der Waals surface area contributed by atoms with E-state index in [0.717, 1.165) is 30.2 Å². The quantitative estimate of drug-likeness (QED) is 0.560. The molecule has 0 amide bonds. The van der Waals surface area contributed by atoms with Gasteiger partial charge in [-0.2, -0.15) is 0 Å². The van der Waals surface area contributed by atoms with E-state index in [1.165, 1.54) is 0 Å². The van der Waals surface area contributed by atoms with Crippen molar-refractivity contribution in [2.24, 2.45) is 0 Å². The Hall–Kier alpha value is -1.71. The lowest BCUT2D eigenvalue weighted by atomic mass is 10.3. The molecule has 0 saturated carbocycles. The maximum absolute atomic E-state index is 5.72. The monoisotopic (exact) mass is 291 g/mol. The van der Waals surface area contributed by atoms with Crippen molar-refractivity contribution in [1.82, 2.24) is 4.42 Å². The second kappa shape index (κ2) is 7.78. The summed E-state index contributed by atoms with van der Waals surface area (Å²) in [7, 11) is 1.83. The van der Waals surface area contributed by atoms with Gasteiger partial charge in [0, 0.05) is 13.6 Å². The molecule has 0 atom stereocenters. The first kappa shape index (κ1) is 14.7. The summed E-state index contributed by atoms with van der Waals surface area (Å²) < 4.78 is 13.0. The van der Waals surface area contributed by atoms with Crippen LogP contribution in [0.2, 0.25) is 0 Å². The van der Waals surface area contributed by atoms with Crippen molar-refractivity contribution in [2.45, 2.75) is 6.42 Å². The van der Waals surface area contributed by atoms with Crippen LogP contribution in [0.25, 0.3) is 0 Å². The fourth-order valence-corrected chi connectivity index (χ4v) is 1.82. The van der Waals surface area contributed by atoms with E-state index < -0.39 is 0 Å². The second-order valence-corrected chi connectivity index (χ2v) is 4.99. The Labute approximate surface area is 124 Å². The fraction of sp³-hybridized carbons (Fsp3) is 0.250. The van der Waals surface area contributed by atoms with Gasteiger partial charge in [-0.15, -0.1) is 0 Å². The number of nitrogens with zero attached hydrogens (tertiary/aromatic N) is 1. The summed E-state index contributed by atoms with van der Waals surface area (Å²) in [5.74, 6) is 2.46. The minimum absolute atomic E-state index is 0.649. The highest BCUT2D eigenvalue weighted by Crippen LogP contribution is 2.23. The van der Waals surface area contributed by atoms with E-state index in [1.54, 1.807) is 4.42 Å². The second-order valence-electron chi connectivity index (χ2n) is 4.42. The number of ether oxygens (including phenoxy) is 2. The van der Waals surface area contributed by atoms with Crippen molar-refractivity contribution in [3.8, 4) is 17.2 Å². The third-order valence-electron chi connectivity index (χ3n) is 2.68. The van der Waals surface area contributed by atoms with E-state index in [0.29, 0.717) is 6.61 Å². The van der Waals surface area contributed by atoms with Crippen molar-refractivity contribution in [2.75, 3.05) is 20.2 Å². The minimum atomic E-state index is 0.649. The molecule has 2 aromatic rings. The Morgan fingerprint density at radius 1 is 0.900 bits per heavy atom. The average Bonchev–Trinajstić information content (AvgIpc) is 2.46. The molecular formula is C16H18ClNO2. The van der Waals surface area contributed by atoms with Crippen LogP contribution in [0.15, 0.2) is 54.6 Å². The number of benzene rings is 2. The molecule has 3 nitrogen and oxygen atoms in total. The Balaban J connectivity index is 1.81. The van der Waals surface area contributed by atoms with Gasteiger partial charge >= 0.3 is 0 Å². The maximum Gasteiger partial charge on any atom is 0.127 e. The molecule has 0 unspecified atom stereocenters. The molecule has 4 heteroatoms. The molecule has 0 saturated heterocycles. The molecule has 0 heterocycles. The number of halogens is 1. The van der Waals surface area contributed by atoms with E-state index in [-0.39, 0.29) is 0 Å². The molecule has 106 valence electrons. The van der Waals surface area contributed by atoms with Crippen LogP contribution in [0.1, 0.15) is 6.42 Å². The lowest BCUT2D eigenvalue weighted by Gasteiger charge is -2.09. The van der Waals surface area contributed by atoms with Crippen molar-refractivity contribution in [3.63, 3.8) is 0 Å². The molecule has 0 aliphatic heterocycles. The molecule has 0 aliphatic rings. The normalized spacial score (nSPS) is 10.6. The SMILES string of the molecule is CN(Cl)CCCOc1ccc(Oc2ccccc2)cc1. The number of hydrogen-bond acceptors (Lipinski definition) is 3. The van der Waals surface area contributed by atoms with Crippen LogP contribution in [0.3, 0.4) is 0 Å². The van der Waals surface area contributed by atoms with Crippen LogP contribution in [-0.4, -0.2) is 24.6 Å². The zero-order valence-corrected chi connectivity index (χ0v) is 12.2. The highest BCUT2D eigenvalue weighted by molar-refractivity contribution is 6.13. The number of hydrogen-bond donors (Lipinski definition) is 0.